The van der Waals surface area contributed by atoms with Crippen LogP contribution in [0.3, 0.4) is 0 Å². The third-order valence-corrected chi connectivity index (χ3v) is 6.01. The molecule has 0 bridgehead atoms. The summed E-state index contributed by atoms with van der Waals surface area (Å²) in [7, 11) is 0. The number of aryl methyl sites for hydroxylation is 1. The largest absolute Gasteiger partial charge is 0.427 e. The molecule has 2 aromatic heterocycles. The van der Waals surface area contributed by atoms with Crippen LogP contribution < -0.4 is 10.2 Å². The monoisotopic (exact) mass is 500 g/mol. The van der Waals surface area contributed by atoms with E-state index in [0.29, 0.717) is 22.4 Å². The number of ether oxygens (including phenoxy) is 1. The number of hydrogen-bond acceptors (Lipinski definition) is 8. The number of amides is 1. The third kappa shape index (κ3) is 6.22. The number of carbonyl (C=O) groups is 2. The summed E-state index contributed by atoms with van der Waals surface area (Å²) >= 11 is 1.27. The summed E-state index contributed by atoms with van der Waals surface area (Å²) in [6.45, 7) is 5.15. The molecule has 9 nitrogen and oxygen atoms in total. The number of nitrogens with one attached hydrogen (secondary N) is 1. The first kappa shape index (κ1) is 24.8. The lowest BCUT2D eigenvalue weighted by Crippen LogP contribution is -2.21. The van der Waals surface area contributed by atoms with Gasteiger partial charge in [0.2, 0.25) is 0 Å². The van der Waals surface area contributed by atoms with Crippen molar-refractivity contribution in [1.29, 1.82) is 0 Å². The zero-order chi connectivity index (χ0) is 25.5. The molecule has 1 amide bonds. The Morgan fingerprint density at radius 1 is 0.972 bits per heavy atom. The van der Waals surface area contributed by atoms with Crippen LogP contribution in [-0.2, 0) is 9.59 Å². The smallest absolute Gasteiger partial charge is 0.308 e. The predicted octanol–water partition coefficient (Wildman–Crippen LogP) is 4.20. The number of benzene rings is 2. The summed E-state index contributed by atoms with van der Waals surface area (Å²) in [5.41, 5.74) is 6.89. The molecule has 1 N–H and O–H groups in total. The SMILES string of the molecule is CC(=O)Oc1ccc(/C(C)=N\NC(=O)CSc2nnc(-c3ccncc3)n2-c2ccc(C)cc2)cc1. The van der Waals surface area contributed by atoms with E-state index in [0.717, 1.165) is 22.4 Å². The molecule has 0 unspecified atom stereocenters. The molecule has 2 heterocycles. The number of nitrogens with zero attached hydrogens (tertiary/aromatic N) is 5. The van der Waals surface area contributed by atoms with Crippen molar-refractivity contribution in [1.82, 2.24) is 25.2 Å². The van der Waals surface area contributed by atoms with Gasteiger partial charge in [0.1, 0.15) is 5.75 Å². The Kier molecular flexibility index (Phi) is 7.86. The van der Waals surface area contributed by atoms with Crippen molar-refractivity contribution < 1.29 is 14.3 Å². The number of thioether (sulfide) groups is 1. The Hall–Kier alpha value is -4.31. The topological polar surface area (TPSA) is 111 Å². The maximum Gasteiger partial charge on any atom is 0.308 e. The van der Waals surface area contributed by atoms with Crippen molar-refractivity contribution >= 4 is 29.4 Å². The molecular weight excluding hydrogens is 476 g/mol. The number of hydrogen-bond donors (Lipinski definition) is 1. The van der Waals surface area contributed by atoms with Gasteiger partial charge in [-0.15, -0.1) is 10.2 Å². The Morgan fingerprint density at radius 2 is 1.67 bits per heavy atom. The molecule has 10 heteroatoms. The lowest BCUT2D eigenvalue weighted by molar-refractivity contribution is -0.131. The van der Waals surface area contributed by atoms with Crippen molar-refractivity contribution in [2.45, 2.75) is 25.9 Å². The van der Waals surface area contributed by atoms with Crippen LogP contribution >= 0.6 is 11.8 Å². The van der Waals surface area contributed by atoms with Gasteiger partial charge >= 0.3 is 5.97 Å². The Morgan fingerprint density at radius 3 is 2.33 bits per heavy atom. The summed E-state index contributed by atoms with van der Waals surface area (Å²) in [6, 6.07) is 18.6. The second-order valence-corrected chi connectivity index (χ2v) is 8.79. The first-order chi connectivity index (χ1) is 17.4. The van der Waals surface area contributed by atoms with Crippen LogP contribution in [0.2, 0.25) is 0 Å². The number of carbonyl (C=O) groups excluding carboxylic acids is 2. The van der Waals surface area contributed by atoms with Gasteiger partial charge in [-0.1, -0.05) is 29.5 Å². The number of esters is 1. The van der Waals surface area contributed by atoms with Gasteiger partial charge in [-0.3, -0.25) is 19.1 Å². The molecule has 2 aromatic carbocycles. The predicted molar refractivity (Wildman–Crippen MR) is 138 cm³/mol. The molecule has 0 fully saturated rings. The number of pyridine rings is 1. The standard InChI is InChI=1S/C26H24N6O3S/c1-17-4-8-22(9-5-17)32-25(21-12-14-27-15-13-21)30-31-26(32)36-16-24(34)29-28-18(2)20-6-10-23(11-7-20)35-19(3)33/h4-15H,16H2,1-3H3,(H,29,34)/b28-18-. The quantitative estimate of drug-likeness (QED) is 0.127. The molecule has 0 saturated heterocycles. The van der Waals surface area contributed by atoms with Gasteiger partial charge in [0.05, 0.1) is 11.5 Å². The van der Waals surface area contributed by atoms with E-state index in [1.54, 1.807) is 43.6 Å². The van der Waals surface area contributed by atoms with Crippen LogP contribution in [0.4, 0.5) is 0 Å². The van der Waals surface area contributed by atoms with Crippen molar-refractivity contribution in [3.8, 4) is 22.8 Å². The number of hydrazone groups is 1. The van der Waals surface area contributed by atoms with Gasteiger partial charge in [-0.2, -0.15) is 5.10 Å². The molecule has 0 radical (unpaired) electrons. The molecule has 36 heavy (non-hydrogen) atoms. The highest BCUT2D eigenvalue weighted by molar-refractivity contribution is 7.99. The van der Waals surface area contributed by atoms with Crippen LogP contribution in [0.15, 0.2) is 83.3 Å². The summed E-state index contributed by atoms with van der Waals surface area (Å²) < 4.78 is 6.95. The van der Waals surface area contributed by atoms with E-state index in [1.807, 2.05) is 47.9 Å². The summed E-state index contributed by atoms with van der Waals surface area (Å²) in [5, 5.41) is 13.5. The minimum absolute atomic E-state index is 0.0997. The maximum atomic E-state index is 12.5. The fourth-order valence-corrected chi connectivity index (χ4v) is 4.03. The fraction of sp³-hybridized carbons (Fsp3) is 0.154. The first-order valence-corrected chi connectivity index (χ1v) is 12.1. The van der Waals surface area contributed by atoms with E-state index in [2.05, 4.69) is 25.7 Å². The highest BCUT2D eigenvalue weighted by atomic mass is 32.2. The Balaban J connectivity index is 1.46. The normalized spacial score (nSPS) is 11.2. The van der Waals surface area contributed by atoms with Crippen LogP contribution in [0.25, 0.3) is 17.1 Å². The second-order valence-electron chi connectivity index (χ2n) is 7.85. The lowest BCUT2D eigenvalue weighted by Gasteiger charge is -2.10. The average Bonchev–Trinajstić information content (AvgIpc) is 3.31. The van der Waals surface area contributed by atoms with Gasteiger partial charge in [0.15, 0.2) is 11.0 Å². The van der Waals surface area contributed by atoms with Gasteiger partial charge < -0.3 is 4.74 Å². The van der Waals surface area contributed by atoms with Crippen LogP contribution in [0.5, 0.6) is 5.75 Å². The summed E-state index contributed by atoms with van der Waals surface area (Å²) in [5.74, 6) is 0.546. The third-order valence-electron chi connectivity index (χ3n) is 5.08. The zero-order valence-electron chi connectivity index (χ0n) is 20.0. The molecule has 4 rings (SSSR count). The minimum Gasteiger partial charge on any atom is -0.427 e. The Bertz CT molecular complexity index is 1380. The summed E-state index contributed by atoms with van der Waals surface area (Å²) in [4.78, 5) is 27.7. The van der Waals surface area contributed by atoms with Gasteiger partial charge in [-0.05, 0) is 67.9 Å². The Labute approximate surface area is 212 Å². The van der Waals surface area contributed by atoms with Gasteiger partial charge in [-0.25, -0.2) is 5.43 Å². The minimum atomic E-state index is -0.385. The van der Waals surface area contributed by atoms with Crippen molar-refractivity contribution in [3.05, 3.63) is 84.2 Å². The second kappa shape index (κ2) is 11.4. The highest BCUT2D eigenvalue weighted by Gasteiger charge is 2.17. The van der Waals surface area contributed by atoms with Crippen molar-refractivity contribution in [2.24, 2.45) is 5.10 Å². The first-order valence-electron chi connectivity index (χ1n) is 11.1. The van der Waals surface area contributed by atoms with E-state index in [1.165, 1.54) is 18.7 Å². The van der Waals surface area contributed by atoms with Crippen LogP contribution in [-0.4, -0.2) is 43.1 Å². The lowest BCUT2D eigenvalue weighted by atomic mass is 10.1. The summed E-state index contributed by atoms with van der Waals surface area (Å²) in [6.07, 6.45) is 3.40. The molecule has 0 aliphatic carbocycles. The average molecular weight is 501 g/mol. The molecular formula is C26H24N6O3S. The molecule has 0 saturated carbocycles. The zero-order valence-corrected chi connectivity index (χ0v) is 20.8. The molecule has 0 spiro atoms. The van der Waals surface area contributed by atoms with Gasteiger partial charge in [0.25, 0.3) is 5.91 Å². The van der Waals surface area contributed by atoms with E-state index in [4.69, 9.17) is 4.74 Å². The molecule has 0 aliphatic rings. The van der Waals surface area contributed by atoms with E-state index < -0.39 is 0 Å². The van der Waals surface area contributed by atoms with Gasteiger partial charge in [0, 0.05) is 30.6 Å². The molecule has 4 aromatic rings. The van der Waals surface area contributed by atoms with Crippen molar-refractivity contribution in [3.63, 3.8) is 0 Å². The number of aromatic nitrogens is 4. The molecule has 0 atom stereocenters. The molecule has 0 aliphatic heterocycles. The van der Waals surface area contributed by atoms with E-state index >= 15 is 0 Å². The fourth-order valence-electron chi connectivity index (χ4n) is 3.28. The highest BCUT2D eigenvalue weighted by Crippen LogP contribution is 2.27. The molecule has 182 valence electrons. The van der Waals surface area contributed by atoms with E-state index in [-0.39, 0.29) is 17.6 Å². The number of rotatable bonds is 8. The maximum absolute atomic E-state index is 12.5. The van der Waals surface area contributed by atoms with Crippen LogP contribution in [0.1, 0.15) is 25.0 Å². The van der Waals surface area contributed by atoms with Crippen LogP contribution in [0, 0.1) is 6.92 Å². The van der Waals surface area contributed by atoms with E-state index in [9.17, 15) is 9.59 Å². The van der Waals surface area contributed by atoms with Crippen molar-refractivity contribution in [2.75, 3.05) is 5.75 Å².